The minimum absolute atomic E-state index is 0.379. The molecule has 0 spiro atoms. The molecule has 0 atom stereocenters. The molecule has 0 aromatic heterocycles. The van der Waals surface area contributed by atoms with Crippen molar-refractivity contribution in [1.82, 2.24) is 0 Å². The smallest absolute Gasteiger partial charge is 0.114 e. The first kappa shape index (κ1) is 10.8. The Balaban J connectivity index is 2.89. The van der Waals surface area contributed by atoms with Crippen LogP contribution in [0.1, 0.15) is 26.3 Å². The summed E-state index contributed by atoms with van der Waals surface area (Å²) < 4.78 is 0. The monoisotopic (exact) mass is 191 g/mol. The van der Waals surface area contributed by atoms with Gasteiger partial charge in [0.1, 0.15) is 6.61 Å². The van der Waals surface area contributed by atoms with Crippen LogP contribution in [0.5, 0.6) is 0 Å². The molecule has 14 heavy (non-hydrogen) atoms. The fraction of sp³-hybridized carbons (Fsp3) is 0.417. The molecule has 0 aliphatic carbocycles. The van der Waals surface area contributed by atoms with Gasteiger partial charge in [-0.15, -0.1) is 0 Å². The van der Waals surface area contributed by atoms with Crippen molar-refractivity contribution in [2.24, 2.45) is 11.1 Å². The lowest BCUT2D eigenvalue weighted by Crippen LogP contribution is -2.10. The molecule has 0 saturated heterocycles. The average molecular weight is 191 g/mol. The van der Waals surface area contributed by atoms with Crippen molar-refractivity contribution in [2.75, 3.05) is 6.61 Å². The van der Waals surface area contributed by atoms with Crippen LogP contribution in [-0.4, -0.2) is 12.3 Å². The van der Waals surface area contributed by atoms with E-state index in [0.717, 1.165) is 11.3 Å². The van der Waals surface area contributed by atoms with Gasteiger partial charge in [0, 0.05) is 0 Å². The first-order chi connectivity index (χ1) is 6.75. The van der Waals surface area contributed by atoms with Gasteiger partial charge in [0.15, 0.2) is 0 Å². The first-order valence-electron chi connectivity index (χ1n) is 5.01. The van der Waals surface area contributed by atoms with E-state index in [2.05, 4.69) is 31.1 Å². The highest BCUT2D eigenvalue weighted by atomic mass is 16.6. The van der Waals surface area contributed by atoms with Crippen LogP contribution >= 0.6 is 0 Å². The molecule has 1 rings (SSSR count). The summed E-state index contributed by atoms with van der Waals surface area (Å²) in [6.07, 6.45) is 0. The van der Waals surface area contributed by atoms with Gasteiger partial charge in [0.25, 0.3) is 0 Å². The van der Waals surface area contributed by atoms with Crippen molar-refractivity contribution in [1.29, 1.82) is 0 Å². The van der Waals surface area contributed by atoms with Gasteiger partial charge in [-0.3, -0.25) is 0 Å². The summed E-state index contributed by atoms with van der Waals surface area (Å²) in [5.41, 5.74) is 2.14. The van der Waals surface area contributed by atoms with Crippen LogP contribution in [0.2, 0.25) is 0 Å². The summed E-state index contributed by atoms with van der Waals surface area (Å²) in [6.45, 7) is 6.78. The molecule has 2 nitrogen and oxygen atoms in total. The molecule has 0 fully saturated rings. The Kier molecular flexibility index (Phi) is 4.17. The van der Waals surface area contributed by atoms with Crippen molar-refractivity contribution in [3.05, 3.63) is 35.9 Å². The van der Waals surface area contributed by atoms with Crippen molar-refractivity contribution >= 4 is 5.71 Å². The lowest BCUT2D eigenvalue weighted by atomic mass is 10.0. The Labute approximate surface area is 85.6 Å². The Morgan fingerprint density at radius 3 is 2.43 bits per heavy atom. The van der Waals surface area contributed by atoms with E-state index >= 15 is 0 Å². The summed E-state index contributed by atoms with van der Waals surface area (Å²) in [5.74, 6) is 0.379. The topological polar surface area (TPSA) is 21.6 Å². The van der Waals surface area contributed by atoms with E-state index in [4.69, 9.17) is 4.84 Å². The molecular formula is C12H17NO. The molecule has 0 saturated carbocycles. The highest BCUT2D eigenvalue weighted by Gasteiger charge is 2.08. The lowest BCUT2D eigenvalue weighted by molar-refractivity contribution is 0.157. The fourth-order valence-corrected chi connectivity index (χ4v) is 1.23. The highest BCUT2D eigenvalue weighted by Crippen LogP contribution is 2.09. The van der Waals surface area contributed by atoms with Crippen molar-refractivity contribution < 1.29 is 4.84 Å². The van der Waals surface area contributed by atoms with E-state index in [1.165, 1.54) is 0 Å². The third-order valence-electron chi connectivity index (χ3n) is 1.91. The molecule has 1 aromatic rings. The van der Waals surface area contributed by atoms with E-state index in [9.17, 15) is 0 Å². The van der Waals surface area contributed by atoms with Gasteiger partial charge in [0.2, 0.25) is 0 Å². The van der Waals surface area contributed by atoms with Gasteiger partial charge in [-0.05, 0) is 18.4 Å². The zero-order valence-corrected chi connectivity index (χ0v) is 9.03. The Hall–Kier alpha value is -1.31. The summed E-state index contributed by atoms with van der Waals surface area (Å²) in [7, 11) is 0. The lowest BCUT2D eigenvalue weighted by Gasteiger charge is -2.09. The maximum absolute atomic E-state index is 5.10. The molecule has 1 aromatic carbocycles. The van der Waals surface area contributed by atoms with E-state index < -0.39 is 0 Å². The Bertz CT molecular complexity index is 290. The average Bonchev–Trinajstić information content (AvgIpc) is 2.19. The van der Waals surface area contributed by atoms with Crippen molar-refractivity contribution in [3.63, 3.8) is 0 Å². The second-order valence-corrected chi connectivity index (χ2v) is 3.42. The normalized spacial score (nSPS) is 11.9. The number of benzene rings is 1. The minimum Gasteiger partial charge on any atom is -0.396 e. The second-order valence-electron chi connectivity index (χ2n) is 3.42. The zero-order chi connectivity index (χ0) is 10.4. The molecule has 2 heteroatoms. The molecular weight excluding hydrogens is 174 g/mol. The molecule has 0 radical (unpaired) electrons. The van der Waals surface area contributed by atoms with Crippen LogP contribution in [0.15, 0.2) is 35.5 Å². The quantitative estimate of drug-likeness (QED) is 0.529. The van der Waals surface area contributed by atoms with Crippen LogP contribution in [0, 0.1) is 5.92 Å². The van der Waals surface area contributed by atoms with Crippen LogP contribution in [-0.2, 0) is 4.84 Å². The second kappa shape index (κ2) is 5.43. The minimum atomic E-state index is 0.379. The van der Waals surface area contributed by atoms with Crippen LogP contribution in [0.3, 0.4) is 0 Å². The number of hydrogen-bond acceptors (Lipinski definition) is 2. The Morgan fingerprint density at radius 1 is 1.29 bits per heavy atom. The molecule has 0 heterocycles. The van der Waals surface area contributed by atoms with Gasteiger partial charge in [-0.25, -0.2) is 0 Å². The van der Waals surface area contributed by atoms with Crippen LogP contribution in [0.25, 0.3) is 0 Å². The largest absolute Gasteiger partial charge is 0.396 e. The number of oxime groups is 1. The number of nitrogens with zero attached hydrogens (tertiary/aromatic N) is 1. The fourth-order valence-electron chi connectivity index (χ4n) is 1.23. The summed E-state index contributed by atoms with van der Waals surface area (Å²) in [4.78, 5) is 5.10. The maximum atomic E-state index is 5.10. The van der Waals surface area contributed by atoms with Gasteiger partial charge in [0.05, 0.1) is 5.71 Å². The maximum Gasteiger partial charge on any atom is 0.114 e. The van der Waals surface area contributed by atoms with E-state index in [0.29, 0.717) is 12.5 Å². The summed E-state index contributed by atoms with van der Waals surface area (Å²) in [6, 6.07) is 10.1. The van der Waals surface area contributed by atoms with Crippen molar-refractivity contribution in [3.8, 4) is 0 Å². The van der Waals surface area contributed by atoms with Crippen LogP contribution in [0.4, 0.5) is 0 Å². The SMILES string of the molecule is CCO/N=C(\c1ccccc1)C(C)C. The molecule has 0 unspecified atom stereocenters. The standard InChI is InChI=1S/C12H17NO/c1-4-14-13-12(10(2)3)11-8-6-5-7-9-11/h5-10H,4H2,1-3H3/b13-12-. The van der Waals surface area contributed by atoms with Crippen molar-refractivity contribution in [2.45, 2.75) is 20.8 Å². The van der Waals surface area contributed by atoms with E-state index in [1.807, 2.05) is 25.1 Å². The molecule has 0 aliphatic rings. The van der Waals surface area contributed by atoms with Gasteiger partial charge >= 0.3 is 0 Å². The predicted molar refractivity (Wildman–Crippen MR) is 59.4 cm³/mol. The highest BCUT2D eigenvalue weighted by molar-refractivity contribution is 6.01. The molecule has 0 N–H and O–H groups in total. The van der Waals surface area contributed by atoms with Gasteiger partial charge < -0.3 is 4.84 Å². The zero-order valence-electron chi connectivity index (χ0n) is 9.03. The summed E-state index contributed by atoms with van der Waals surface area (Å²) >= 11 is 0. The van der Waals surface area contributed by atoms with E-state index in [-0.39, 0.29) is 0 Å². The molecule has 0 aliphatic heterocycles. The number of rotatable bonds is 4. The van der Waals surface area contributed by atoms with Gasteiger partial charge in [-0.2, -0.15) is 0 Å². The summed E-state index contributed by atoms with van der Waals surface area (Å²) in [5, 5.41) is 4.13. The first-order valence-corrected chi connectivity index (χ1v) is 5.01. The third kappa shape index (κ3) is 2.87. The molecule has 0 bridgehead atoms. The van der Waals surface area contributed by atoms with Gasteiger partial charge in [-0.1, -0.05) is 49.3 Å². The molecule has 76 valence electrons. The molecule has 0 amide bonds. The Morgan fingerprint density at radius 2 is 1.93 bits per heavy atom. The predicted octanol–water partition coefficient (Wildman–Crippen LogP) is 3.08. The van der Waals surface area contributed by atoms with Crippen LogP contribution < -0.4 is 0 Å². The van der Waals surface area contributed by atoms with E-state index in [1.54, 1.807) is 0 Å². The number of hydrogen-bond donors (Lipinski definition) is 0. The third-order valence-corrected chi connectivity index (χ3v) is 1.91.